The zero-order valence-corrected chi connectivity index (χ0v) is 35.9. The molecule has 0 saturated heterocycles. The highest BCUT2D eigenvalue weighted by Gasteiger charge is 2.74. The molecule has 4 saturated carbocycles. The Labute approximate surface area is 335 Å². The summed E-state index contributed by atoms with van der Waals surface area (Å²) in [6, 6.07) is 9.88. The average molecular weight is 775 g/mol. The number of aliphatic carboxylic acids is 1. The number of ether oxygens (including phenoxy) is 1. The molecule has 5 aliphatic carbocycles. The highest BCUT2D eigenvalue weighted by Crippen LogP contribution is 2.77. The molecule has 9 atom stereocenters. The van der Waals surface area contributed by atoms with Crippen LogP contribution in [0.4, 0.5) is 0 Å². The molecule has 0 heterocycles. The van der Waals surface area contributed by atoms with Crippen LogP contribution in [0.5, 0.6) is 0 Å². The first-order chi connectivity index (χ1) is 25.9. The van der Waals surface area contributed by atoms with Crippen LogP contribution in [-0.2, 0) is 30.5 Å². The maximum atomic E-state index is 14.3. The number of Topliss-reactive ketones (excluding diaryl/α,β-unsaturated/α-hetero) is 1. The van der Waals surface area contributed by atoms with Crippen LogP contribution in [0.2, 0.25) is 0 Å². The fraction of sp³-hybridized carbons (Fsp3) is 0.745. The van der Waals surface area contributed by atoms with E-state index < -0.39 is 34.4 Å². The summed E-state index contributed by atoms with van der Waals surface area (Å²) in [6.07, 6.45) is 5.70. The van der Waals surface area contributed by atoms with E-state index in [9.17, 15) is 29.4 Å². The number of carboxylic acid groups (broad SMARTS) is 1. The fourth-order valence-corrected chi connectivity index (χ4v) is 13.7. The van der Waals surface area contributed by atoms with E-state index in [0.29, 0.717) is 31.7 Å². The molecule has 310 valence electrons. The minimum absolute atomic E-state index is 0.0270. The molecule has 9 nitrogen and oxygen atoms in total. The Morgan fingerprint density at radius 1 is 0.946 bits per heavy atom. The SMILES string of the molecule is CCC(=O)N(Cc1ccccc1)C[C@H](O)[C@@]12CC[C@]3(C)[C@](N)(CC[C@@H]4[C@@]5(C)CC[C@H](OC(=O)CC(C)(C)C(=O)O)C(C)(C)C5CC[C@]43C)C1=C(C(C)C)C(=O)C2. The summed E-state index contributed by atoms with van der Waals surface area (Å²) in [5, 5.41) is 22.2. The first-order valence-corrected chi connectivity index (χ1v) is 21.4. The van der Waals surface area contributed by atoms with Crippen molar-refractivity contribution in [2.24, 2.45) is 56.0 Å². The van der Waals surface area contributed by atoms with Gasteiger partial charge in [-0.1, -0.05) is 85.7 Å². The summed E-state index contributed by atoms with van der Waals surface area (Å²) in [4.78, 5) is 54.4. The number of carbonyl (C=O) groups is 4. The number of hydrogen-bond donors (Lipinski definition) is 3. The van der Waals surface area contributed by atoms with Crippen LogP contribution in [0.3, 0.4) is 0 Å². The number of fused-ring (bicyclic) bond motifs is 7. The molecule has 1 aromatic carbocycles. The van der Waals surface area contributed by atoms with Gasteiger partial charge in [0.25, 0.3) is 0 Å². The Kier molecular flexibility index (Phi) is 10.9. The van der Waals surface area contributed by atoms with Gasteiger partial charge in [-0.2, -0.15) is 0 Å². The highest BCUT2D eigenvalue weighted by atomic mass is 16.5. The highest BCUT2D eigenvalue weighted by molar-refractivity contribution is 6.01. The molecule has 9 heteroatoms. The van der Waals surface area contributed by atoms with E-state index in [2.05, 4.69) is 48.5 Å². The van der Waals surface area contributed by atoms with Crippen molar-refractivity contribution in [2.75, 3.05) is 6.54 Å². The molecule has 4 fully saturated rings. The van der Waals surface area contributed by atoms with Gasteiger partial charge in [-0.25, -0.2) is 0 Å². The zero-order valence-electron chi connectivity index (χ0n) is 35.9. The standard InChI is InChI=1S/C47H70N2O7/c1-11-36(52)49(27-30-15-13-12-14-16-30)28-34(51)46-24-23-45(10)44(9)21-17-32-42(6,7)35(56-37(53)26-41(4,5)40(54)55)19-20-43(32,8)33(44)18-22-47(45,48)39(46)38(29(2)3)31(50)25-46/h12-16,29,32-35,51H,11,17-28,48H2,1-10H3,(H,54,55)/t32?,33-,34+,35+,43+,44-,45+,46+,47+/m1/s1. The number of carboxylic acids is 1. The topological polar surface area (TPSA) is 147 Å². The van der Waals surface area contributed by atoms with E-state index in [1.807, 2.05) is 37.3 Å². The molecule has 0 bridgehead atoms. The molecule has 4 N–H and O–H groups in total. The monoisotopic (exact) mass is 775 g/mol. The number of hydrogen-bond acceptors (Lipinski definition) is 7. The smallest absolute Gasteiger partial charge is 0.309 e. The Balaban J connectivity index is 1.33. The van der Waals surface area contributed by atoms with Crippen LogP contribution < -0.4 is 5.73 Å². The van der Waals surface area contributed by atoms with E-state index in [1.165, 1.54) is 0 Å². The summed E-state index contributed by atoms with van der Waals surface area (Å²) in [5.41, 5.74) is 7.09. The van der Waals surface area contributed by atoms with Crippen molar-refractivity contribution >= 4 is 23.6 Å². The molecule has 56 heavy (non-hydrogen) atoms. The molecule has 0 aromatic heterocycles. The van der Waals surface area contributed by atoms with Crippen molar-refractivity contribution in [1.82, 2.24) is 4.90 Å². The maximum absolute atomic E-state index is 14.3. The van der Waals surface area contributed by atoms with Crippen LogP contribution in [-0.4, -0.2) is 63.0 Å². The van der Waals surface area contributed by atoms with Gasteiger partial charge in [0.1, 0.15) is 6.10 Å². The van der Waals surface area contributed by atoms with Crippen molar-refractivity contribution < 1.29 is 34.1 Å². The van der Waals surface area contributed by atoms with Crippen LogP contribution in [0.1, 0.15) is 145 Å². The minimum Gasteiger partial charge on any atom is -0.481 e. The molecule has 1 unspecified atom stereocenters. The Hall–Kier alpha value is -3.04. The summed E-state index contributed by atoms with van der Waals surface area (Å²) >= 11 is 0. The van der Waals surface area contributed by atoms with Gasteiger partial charge >= 0.3 is 11.9 Å². The van der Waals surface area contributed by atoms with Gasteiger partial charge in [0, 0.05) is 42.3 Å². The van der Waals surface area contributed by atoms with E-state index in [-0.39, 0.29) is 70.7 Å². The van der Waals surface area contributed by atoms with Crippen molar-refractivity contribution in [2.45, 2.75) is 164 Å². The quantitative estimate of drug-likeness (QED) is 0.191. The molecular formula is C47H70N2O7. The van der Waals surface area contributed by atoms with Crippen molar-refractivity contribution in [3.63, 3.8) is 0 Å². The number of aliphatic hydroxyl groups excluding tert-OH is 1. The summed E-state index contributed by atoms with van der Waals surface area (Å²) < 4.78 is 6.17. The van der Waals surface area contributed by atoms with E-state index in [4.69, 9.17) is 10.5 Å². The maximum Gasteiger partial charge on any atom is 0.309 e. The van der Waals surface area contributed by atoms with Gasteiger partial charge in [-0.15, -0.1) is 0 Å². The number of rotatable bonds is 11. The number of allylic oxidation sites excluding steroid dienone is 1. The Morgan fingerprint density at radius 2 is 1.59 bits per heavy atom. The second-order valence-corrected chi connectivity index (χ2v) is 20.9. The number of esters is 1. The van der Waals surface area contributed by atoms with Gasteiger partial charge in [0.2, 0.25) is 5.91 Å². The second kappa shape index (κ2) is 14.4. The van der Waals surface area contributed by atoms with Gasteiger partial charge in [-0.3, -0.25) is 19.2 Å². The van der Waals surface area contributed by atoms with Crippen LogP contribution in [0, 0.1) is 50.2 Å². The number of ketones is 1. The van der Waals surface area contributed by atoms with Gasteiger partial charge in [0.15, 0.2) is 5.78 Å². The molecule has 0 aliphatic heterocycles. The summed E-state index contributed by atoms with van der Waals surface area (Å²) in [7, 11) is 0. The van der Waals surface area contributed by atoms with Gasteiger partial charge in [-0.05, 0) is 116 Å². The second-order valence-electron chi connectivity index (χ2n) is 20.9. The lowest BCUT2D eigenvalue weighted by molar-refractivity contribution is -0.239. The Morgan fingerprint density at radius 3 is 2.20 bits per heavy atom. The Bertz CT molecular complexity index is 1770. The largest absolute Gasteiger partial charge is 0.481 e. The number of aliphatic hydroxyl groups is 1. The predicted octanol–water partition coefficient (Wildman–Crippen LogP) is 8.26. The van der Waals surface area contributed by atoms with Gasteiger partial charge in [0.05, 0.1) is 17.9 Å². The fourth-order valence-electron chi connectivity index (χ4n) is 13.7. The minimum atomic E-state index is -1.19. The first kappa shape index (κ1) is 42.6. The lowest BCUT2D eigenvalue weighted by Gasteiger charge is -2.74. The number of carbonyl (C=O) groups excluding carboxylic acids is 3. The van der Waals surface area contributed by atoms with Crippen LogP contribution >= 0.6 is 0 Å². The zero-order chi connectivity index (χ0) is 41.4. The number of nitrogens with zero attached hydrogens (tertiary/aromatic N) is 1. The predicted molar refractivity (Wildman–Crippen MR) is 217 cm³/mol. The molecule has 1 amide bonds. The molecule has 1 aromatic rings. The third-order valence-corrected chi connectivity index (χ3v) is 17.0. The van der Waals surface area contributed by atoms with E-state index in [1.54, 1.807) is 18.7 Å². The van der Waals surface area contributed by atoms with E-state index >= 15 is 0 Å². The van der Waals surface area contributed by atoms with Crippen molar-refractivity contribution in [3.8, 4) is 0 Å². The first-order valence-electron chi connectivity index (χ1n) is 21.4. The molecular weight excluding hydrogens is 705 g/mol. The molecule has 6 rings (SSSR count). The molecule has 0 radical (unpaired) electrons. The normalized spacial score (nSPS) is 36.9. The summed E-state index contributed by atoms with van der Waals surface area (Å²) in [5.74, 6) is -0.819. The number of amides is 1. The number of benzene rings is 1. The van der Waals surface area contributed by atoms with Crippen molar-refractivity contribution in [1.29, 1.82) is 0 Å². The van der Waals surface area contributed by atoms with Crippen LogP contribution in [0.25, 0.3) is 0 Å². The molecule has 5 aliphatic rings. The van der Waals surface area contributed by atoms with Gasteiger partial charge < -0.3 is 25.6 Å². The third-order valence-electron chi connectivity index (χ3n) is 17.0. The lowest BCUT2D eigenvalue weighted by atomic mass is 9.31. The molecule has 0 spiro atoms. The van der Waals surface area contributed by atoms with Crippen LogP contribution in [0.15, 0.2) is 41.5 Å². The number of nitrogens with two attached hydrogens (primary N) is 1. The lowest BCUT2D eigenvalue weighted by Crippen LogP contribution is -2.74. The average Bonchev–Trinajstić information content (AvgIpc) is 3.44. The van der Waals surface area contributed by atoms with E-state index in [0.717, 1.165) is 55.2 Å². The van der Waals surface area contributed by atoms with Crippen molar-refractivity contribution in [3.05, 3.63) is 47.0 Å². The third kappa shape index (κ3) is 6.31. The summed E-state index contributed by atoms with van der Waals surface area (Å²) in [6.45, 7) is 21.5.